The number of nitrogens with zero attached hydrogens (tertiary/aromatic N) is 2. The highest BCUT2D eigenvalue weighted by Crippen LogP contribution is 2.20. The number of benzene rings is 1. The molecular weight excluding hydrogens is 366 g/mol. The van der Waals surface area contributed by atoms with Crippen LogP contribution in [0.5, 0.6) is 0 Å². The number of likely N-dealkylation sites (tertiary alicyclic amines) is 1. The molecule has 2 amide bonds. The highest BCUT2D eigenvalue weighted by Gasteiger charge is 2.25. The van der Waals surface area contributed by atoms with Gasteiger partial charge in [-0.1, -0.05) is 12.8 Å². The Labute approximate surface area is 160 Å². The van der Waals surface area contributed by atoms with Crippen LogP contribution in [0.4, 0.5) is 0 Å². The Morgan fingerprint density at radius 1 is 0.852 bits per heavy atom. The maximum atomic E-state index is 12.8. The van der Waals surface area contributed by atoms with E-state index in [4.69, 9.17) is 0 Å². The first-order valence-electron chi connectivity index (χ1n) is 9.65. The highest BCUT2D eigenvalue weighted by atomic mass is 32.2. The van der Waals surface area contributed by atoms with Crippen molar-refractivity contribution < 1.29 is 18.0 Å². The molecule has 8 heteroatoms. The second-order valence-corrected chi connectivity index (χ2v) is 9.05. The Morgan fingerprint density at radius 2 is 1.41 bits per heavy atom. The molecule has 0 unspecified atom stereocenters. The molecular formula is C19H27N3O4S. The quantitative estimate of drug-likeness (QED) is 0.823. The van der Waals surface area contributed by atoms with Crippen molar-refractivity contribution in [2.75, 3.05) is 32.7 Å². The lowest BCUT2D eigenvalue weighted by molar-refractivity contribution is -0.129. The summed E-state index contributed by atoms with van der Waals surface area (Å²) in [4.78, 5) is 26.2. The lowest BCUT2D eigenvalue weighted by Gasteiger charge is -2.20. The molecule has 2 heterocycles. The van der Waals surface area contributed by atoms with Gasteiger partial charge in [-0.05, 0) is 49.9 Å². The predicted molar refractivity (Wildman–Crippen MR) is 102 cm³/mol. The van der Waals surface area contributed by atoms with Crippen molar-refractivity contribution in [3.8, 4) is 0 Å². The second-order valence-electron chi connectivity index (χ2n) is 7.11. The summed E-state index contributed by atoms with van der Waals surface area (Å²) >= 11 is 0. The van der Waals surface area contributed by atoms with E-state index in [1.165, 1.54) is 28.6 Å². The minimum absolute atomic E-state index is 0.0351. The number of rotatable bonds is 5. The van der Waals surface area contributed by atoms with Gasteiger partial charge in [0.1, 0.15) is 0 Å². The SMILES string of the molecule is O=C(NCC(=O)N1CCCC1)c1ccc(S(=O)(=O)N2CCCCCC2)cc1. The van der Waals surface area contributed by atoms with E-state index in [0.29, 0.717) is 18.7 Å². The largest absolute Gasteiger partial charge is 0.343 e. The van der Waals surface area contributed by atoms with Gasteiger partial charge < -0.3 is 10.2 Å². The minimum Gasteiger partial charge on any atom is -0.343 e. The summed E-state index contributed by atoms with van der Waals surface area (Å²) in [5.74, 6) is -0.456. The summed E-state index contributed by atoms with van der Waals surface area (Å²) in [6.45, 7) is 2.55. The topological polar surface area (TPSA) is 86.8 Å². The molecule has 2 aliphatic rings. The third kappa shape index (κ3) is 4.87. The first-order valence-corrected chi connectivity index (χ1v) is 11.1. The average molecular weight is 394 g/mol. The summed E-state index contributed by atoms with van der Waals surface area (Å²) < 4.78 is 27.0. The van der Waals surface area contributed by atoms with Crippen LogP contribution in [-0.2, 0) is 14.8 Å². The molecule has 0 aliphatic carbocycles. The van der Waals surface area contributed by atoms with Gasteiger partial charge in [0.2, 0.25) is 15.9 Å². The molecule has 0 radical (unpaired) electrons. The molecule has 0 saturated carbocycles. The zero-order chi connectivity index (χ0) is 19.3. The van der Waals surface area contributed by atoms with Gasteiger partial charge in [0.25, 0.3) is 5.91 Å². The first kappa shape index (κ1) is 19.8. The molecule has 1 aromatic carbocycles. The van der Waals surface area contributed by atoms with Crippen molar-refractivity contribution in [3.63, 3.8) is 0 Å². The van der Waals surface area contributed by atoms with E-state index in [1.54, 1.807) is 4.90 Å². The number of carbonyl (C=O) groups is 2. The van der Waals surface area contributed by atoms with Crippen molar-refractivity contribution in [1.29, 1.82) is 0 Å². The van der Waals surface area contributed by atoms with Gasteiger partial charge in [-0.2, -0.15) is 4.31 Å². The standard InChI is InChI=1S/C19H27N3O4S/c23-18(21-11-5-6-12-21)15-20-19(24)16-7-9-17(10-8-16)27(25,26)22-13-3-1-2-4-14-22/h7-10H,1-6,11-15H2,(H,20,24). The van der Waals surface area contributed by atoms with Crippen LogP contribution in [0.15, 0.2) is 29.2 Å². The van der Waals surface area contributed by atoms with E-state index in [2.05, 4.69) is 5.32 Å². The summed E-state index contributed by atoms with van der Waals surface area (Å²) in [7, 11) is -3.52. The van der Waals surface area contributed by atoms with Gasteiger partial charge in [0.05, 0.1) is 11.4 Å². The lowest BCUT2D eigenvalue weighted by Crippen LogP contribution is -2.38. The van der Waals surface area contributed by atoms with Crippen molar-refractivity contribution in [2.24, 2.45) is 0 Å². The molecule has 0 spiro atoms. The fourth-order valence-corrected chi connectivity index (χ4v) is 5.06. The summed E-state index contributed by atoms with van der Waals surface area (Å²) in [6, 6.07) is 5.94. The van der Waals surface area contributed by atoms with Gasteiger partial charge in [0.15, 0.2) is 0 Å². The van der Waals surface area contributed by atoms with Crippen molar-refractivity contribution in [3.05, 3.63) is 29.8 Å². The van der Waals surface area contributed by atoms with Crippen LogP contribution >= 0.6 is 0 Å². The van der Waals surface area contributed by atoms with Gasteiger partial charge >= 0.3 is 0 Å². The maximum absolute atomic E-state index is 12.8. The van der Waals surface area contributed by atoms with Crippen LogP contribution in [0.3, 0.4) is 0 Å². The molecule has 0 atom stereocenters. The summed E-state index contributed by atoms with van der Waals surface area (Å²) in [6.07, 6.45) is 5.89. The molecule has 2 fully saturated rings. The van der Waals surface area contributed by atoms with Gasteiger partial charge in [-0.15, -0.1) is 0 Å². The Balaban J connectivity index is 1.60. The van der Waals surface area contributed by atoms with Crippen LogP contribution in [0.2, 0.25) is 0 Å². The van der Waals surface area contributed by atoms with E-state index >= 15 is 0 Å². The molecule has 3 rings (SSSR count). The van der Waals surface area contributed by atoms with E-state index in [0.717, 1.165) is 51.6 Å². The fraction of sp³-hybridized carbons (Fsp3) is 0.579. The number of carbonyl (C=O) groups excluding carboxylic acids is 2. The van der Waals surface area contributed by atoms with Crippen LogP contribution in [0.1, 0.15) is 48.9 Å². The molecule has 0 aromatic heterocycles. The number of nitrogens with one attached hydrogen (secondary N) is 1. The van der Waals surface area contributed by atoms with E-state index in [1.807, 2.05) is 0 Å². The third-order valence-electron chi connectivity index (χ3n) is 5.18. The molecule has 1 aromatic rings. The van der Waals surface area contributed by atoms with Crippen LogP contribution in [-0.4, -0.2) is 62.2 Å². The van der Waals surface area contributed by atoms with Crippen LogP contribution in [0.25, 0.3) is 0 Å². The minimum atomic E-state index is -3.52. The molecule has 1 N–H and O–H groups in total. The average Bonchev–Trinajstić information content (AvgIpc) is 3.07. The monoisotopic (exact) mass is 393 g/mol. The Kier molecular flexibility index (Phi) is 6.49. The molecule has 2 saturated heterocycles. The highest BCUT2D eigenvalue weighted by molar-refractivity contribution is 7.89. The van der Waals surface area contributed by atoms with Crippen molar-refractivity contribution in [1.82, 2.24) is 14.5 Å². The van der Waals surface area contributed by atoms with Gasteiger partial charge in [0, 0.05) is 31.7 Å². The summed E-state index contributed by atoms with van der Waals surface area (Å²) in [5.41, 5.74) is 0.346. The molecule has 27 heavy (non-hydrogen) atoms. The number of hydrogen-bond donors (Lipinski definition) is 1. The van der Waals surface area contributed by atoms with E-state index in [-0.39, 0.29) is 23.3 Å². The van der Waals surface area contributed by atoms with Gasteiger partial charge in [-0.3, -0.25) is 9.59 Å². The molecule has 0 bridgehead atoms. The molecule has 148 valence electrons. The Bertz CT molecular complexity index is 763. The maximum Gasteiger partial charge on any atom is 0.251 e. The number of sulfonamides is 1. The first-order chi connectivity index (χ1) is 13.0. The summed E-state index contributed by atoms with van der Waals surface area (Å²) in [5, 5.41) is 2.62. The Hall–Kier alpha value is -1.93. The van der Waals surface area contributed by atoms with Crippen LogP contribution in [0, 0.1) is 0 Å². The predicted octanol–water partition coefficient (Wildman–Crippen LogP) is 1.60. The smallest absolute Gasteiger partial charge is 0.251 e. The van der Waals surface area contributed by atoms with Crippen LogP contribution < -0.4 is 5.32 Å². The zero-order valence-electron chi connectivity index (χ0n) is 15.5. The zero-order valence-corrected chi connectivity index (χ0v) is 16.3. The molecule has 2 aliphatic heterocycles. The number of hydrogen-bond acceptors (Lipinski definition) is 4. The number of amides is 2. The van der Waals surface area contributed by atoms with E-state index in [9.17, 15) is 18.0 Å². The molecule has 7 nitrogen and oxygen atoms in total. The van der Waals surface area contributed by atoms with Crippen molar-refractivity contribution in [2.45, 2.75) is 43.4 Å². The van der Waals surface area contributed by atoms with E-state index < -0.39 is 10.0 Å². The fourth-order valence-electron chi connectivity index (χ4n) is 3.55. The second kappa shape index (κ2) is 8.84. The third-order valence-corrected chi connectivity index (χ3v) is 7.09. The lowest BCUT2D eigenvalue weighted by atomic mass is 10.2. The van der Waals surface area contributed by atoms with Gasteiger partial charge in [-0.25, -0.2) is 8.42 Å². The van der Waals surface area contributed by atoms with Crippen molar-refractivity contribution >= 4 is 21.8 Å². The Morgan fingerprint density at radius 3 is 2.00 bits per heavy atom. The normalized spacial score (nSPS) is 18.9.